The van der Waals surface area contributed by atoms with E-state index in [4.69, 9.17) is 4.74 Å². The van der Waals surface area contributed by atoms with Gasteiger partial charge >= 0.3 is 0 Å². The third-order valence-corrected chi connectivity index (χ3v) is 10.9. The monoisotopic (exact) mass is 514 g/mol. The zero-order valence-corrected chi connectivity index (χ0v) is 22.1. The van der Waals surface area contributed by atoms with Gasteiger partial charge in [0.15, 0.2) is 0 Å². The standard InChI is InChI=1S/C23H38N4O5S2/c1-4-32-20-8-9-21-18(15-20)10-13-26-17-19-7-5-12-27(22(19)16-23(21)26)33(28,29)14-6-11-24-34(30,31)25(2)3/h8-9,15,19,22-24H,4-7,10-14,16-17H2,1-3H3/t19-,22+,23+/m1/s1. The van der Waals surface area contributed by atoms with Crippen molar-refractivity contribution >= 4 is 20.2 Å². The molecule has 0 aromatic heterocycles. The van der Waals surface area contributed by atoms with Crippen molar-refractivity contribution < 1.29 is 21.6 Å². The minimum atomic E-state index is -3.55. The Bertz CT molecular complexity index is 1080. The van der Waals surface area contributed by atoms with Gasteiger partial charge in [0.05, 0.1) is 12.4 Å². The SMILES string of the molecule is CCOc1ccc2c(c1)CCN1C[C@H]3CCCN(S(=O)(=O)CCCNS(=O)(=O)N(C)C)[C@H]3C[C@@H]21. The number of rotatable bonds is 9. The quantitative estimate of drug-likeness (QED) is 0.503. The summed E-state index contributed by atoms with van der Waals surface area (Å²) in [6.07, 6.45) is 3.98. The Labute approximate surface area is 204 Å². The zero-order chi connectivity index (χ0) is 24.5. The van der Waals surface area contributed by atoms with Crippen LogP contribution in [-0.4, -0.2) is 89.0 Å². The molecule has 9 nitrogen and oxygen atoms in total. The van der Waals surface area contributed by atoms with Gasteiger partial charge in [-0.05, 0) is 68.2 Å². The summed E-state index contributed by atoms with van der Waals surface area (Å²) < 4.78 is 61.4. The molecule has 0 radical (unpaired) electrons. The Balaban J connectivity index is 1.46. The lowest BCUT2D eigenvalue weighted by molar-refractivity contribution is 0.0219. The van der Waals surface area contributed by atoms with Crippen molar-refractivity contribution in [3.63, 3.8) is 0 Å². The maximum Gasteiger partial charge on any atom is 0.278 e. The van der Waals surface area contributed by atoms with Crippen LogP contribution in [0.1, 0.15) is 49.8 Å². The molecule has 0 spiro atoms. The van der Waals surface area contributed by atoms with Crippen molar-refractivity contribution in [3.05, 3.63) is 29.3 Å². The third kappa shape index (κ3) is 5.44. The van der Waals surface area contributed by atoms with Gasteiger partial charge in [-0.2, -0.15) is 17.0 Å². The van der Waals surface area contributed by atoms with E-state index in [1.54, 1.807) is 4.31 Å². The number of nitrogens with zero attached hydrogens (tertiary/aromatic N) is 3. The van der Waals surface area contributed by atoms with Crippen LogP contribution >= 0.6 is 0 Å². The molecule has 1 N–H and O–H groups in total. The zero-order valence-electron chi connectivity index (χ0n) is 20.4. The Morgan fingerprint density at radius 1 is 1.18 bits per heavy atom. The largest absolute Gasteiger partial charge is 0.494 e. The minimum absolute atomic E-state index is 0.00372. The second-order valence-electron chi connectivity index (χ2n) is 9.72. The second kappa shape index (κ2) is 10.4. The van der Waals surface area contributed by atoms with Gasteiger partial charge < -0.3 is 4.74 Å². The molecule has 1 aromatic carbocycles. The summed E-state index contributed by atoms with van der Waals surface area (Å²) in [5, 5.41) is 0. The maximum atomic E-state index is 13.3. The summed E-state index contributed by atoms with van der Waals surface area (Å²) in [7, 11) is -4.13. The lowest BCUT2D eigenvalue weighted by Crippen LogP contribution is -2.57. The number of benzene rings is 1. The molecule has 3 aliphatic heterocycles. The predicted molar refractivity (Wildman–Crippen MR) is 132 cm³/mol. The first-order chi connectivity index (χ1) is 16.1. The van der Waals surface area contributed by atoms with Crippen LogP contribution in [0.3, 0.4) is 0 Å². The fourth-order valence-corrected chi connectivity index (χ4v) is 8.18. The lowest BCUT2D eigenvalue weighted by Gasteiger charge is -2.51. The fraction of sp³-hybridized carbons (Fsp3) is 0.739. The van der Waals surface area contributed by atoms with Crippen molar-refractivity contribution in [2.75, 3.05) is 52.6 Å². The summed E-state index contributed by atoms with van der Waals surface area (Å²) in [6.45, 7) is 5.20. The number of nitrogens with one attached hydrogen (secondary N) is 1. The molecule has 34 heavy (non-hydrogen) atoms. The van der Waals surface area contributed by atoms with E-state index in [-0.39, 0.29) is 30.8 Å². The van der Waals surface area contributed by atoms with Crippen molar-refractivity contribution in [2.45, 2.75) is 51.1 Å². The Morgan fingerprint density at radius 3 is 2.71 bits per heavy atom. The van der Waals surface area contributed by atoms with Gasteiger partial charge in [-0.25, -0.2) is 13.1 Å². The number of piperidine rings is 2. The van der Waals surface area contributed by atoms with Crippen LogP contribution in [0.25, 0.3) is 0 Å². The average molecular weight is 515 g/mol. The van der Waals surface area contributed by atoms with E-state index in [9.17, 15) is 16.8 Å². The molecular weight excluding hydrogens is 476 g/mol. The van der Waals surface area contributed by atoms with Crippen LogP contribution in [-0.2, 0) is 26.7 Å². The highest BCUT2D eigenvalue weighted by molar-refractivity contribution is 7.89. The number of ether oxygens (including phenoxy) is 1. The highest BCUT2D eigenvalue weighted by atomic mass is 32.2. The van der Waals surface area contributed by atoms with E-state index in [0.29, 0.717) is 19.1 Å². The maximum absolute atomic E-state index is 13.3. The molecule has 11 heteroatoms. The van der Waals surface area contributed by atoms with E-state index in [2.05, 4.69) is 21.8 Å². The molecule has 3 aliphatic rings. The Morgan fingerprint density at radius 2 is 1.97 bits per heavy atom. The van der Waals surface area contributed by atoms with Gasteiger partial charge in [0.25, 0.3) is 10.2 Å². The smallest absolute Gasteiger partial charge is 0.278 e. The topological polar surface area (TPSA) is 99.3 Å². The normalized spacial score (nSPS) is 26.1. The Kier molecular flexibility index (Phi) is 7.90. The summed E-state index contributed by atoms with van der Waals surface area (Å²) in [6, 6.07) is 6.56. The predicted octanol–water partition coefficient (Wildman–Crippen LogP) is 1.58. The summed E-state index contributed by atoms with van der Waals surface area (Å²) in [4.78, 5) is 2.54. The average Bonchev–Trinajstić information content (AvgIpc) is 2.80. The molecule has 2 saturated heterocycles. The molecule has 0 unspecified atom stereocenters. The molecule has 2 fully saturated rings. The minimum Gasteiger partial charge on any atom is -0.494 e. The van der Waals surface area contributed by atoms with Crippen LogP contribution in [0.4, 0.5) is 0 Å². The summed E-state index contributed by atoms with van der Waals surface area (Å²) >= 11 is 0. The van der Waals surface area contributed by atoms with E-state index in [1.165, 1.54) is 25.2 Å². The first kappa shape index (κ1) is 25.8. The highest BCUT2D eigenvalue weighted by Crippen LogP contribution is 2.44. The van der Waals surface area contributed by atoms with Crippen molar-refractivity contribution in [3.8, 4) is 5.75 Å². The van der Waals surface area contributed by atoms with Gasteiger partial charge in [-0.1, -0.05) is 6.07 Å². The molecule has 4 rings (SSSR count). The number of fused-ring (bicyclic) bond motifs is 4. The van der Waals surface area contributed by atoms with E-state index in [1.807, 2.05) is 13.0 Å². The fourth-order valence-electron chi connectivity index (χ4n) is 5.69. The first-order valence-corrected chi connectivity index (χ1v) is 15.3. The lowest BCUT2D eigenvalue weighted by atomic mass is 9.77. The van der Waals surface area contributed by atoms with Gasteiger partial charge in [0.1, 0.15) is 5.75 Å². The van der Waals surface area contributed by atoms with Crippen LogP contribution in [0.15, 0.2) is 18.2 Å². The molecule has 0 aliphatic carbocycles. The molecule has 3 atom stereocenters. The van der Waals surface area contributed by atoms with Gasteiger partial charge in [0, 0.05) is 52.4 Å². The summed E-state index contributed by atoms with van der Waals surface area (Å²) in [5.41, 5.74) is 2.61. The number of sulfonamides is 1. The van der Waals surface area contributed by atoms with Crippen LogP contribution in [0.5, 0.6) is 5.75 Å². The summed E-state index contributed by atoms with van der Waals surface area (Å²) in [5.74, 6) is 1.20. The van der Waals surface area contributed by atoms with Crippen LogP contribution < -0.4 is 9.46 Å². The molecule has 192 valence electrons. The number of hydrogen-bond donors (Lipinski definition) is 1. The van der Waals surface area contributed by atoms with Gasteiger partial charge in [-0.3, -0.25) is 4.90 Å². The molecule has 0 bridgehead atoms. The van der Waals surface area contributed by atoms with Crippen molar-refractivity contribution in [1.29, 1.82) is 0 Å². The third-order valence-electron chi connectivity index (χ3n) is 7.40. The first-order valence-electron chi connectivity index (χ1n) is 12.3. The molecule has 0 saturated carbocycles. The van der Waals surface area contributed by atoms with Crippen LogP contribution in [0.2, 0.25) is 0 Å². The van der Waals surface area contributed by atoms with Crippen molar-refractivity contribution in [1.82, 2.24) is 18.2 Å². The molecule has 3 heterocycles. The van der Waals surface area contributed by atoms with E-state index >= 15 is 0 Å². The molecule has 1 aromatic rings. The van der Waals surface area contributed by atoms with Crippen LogP contribution in [0, 0.1) is 5.92 Å². The van der Waals surface area contributed by atoms with E-state index < -0.39 is 20.2 Å². The van der Waals surface area contributed by atoms with Gasteiger partial charge in [0.2, 0.25) is 10.0 Å². The number of hydrogen-bond acceptors (Lipinski definition) is 6. The second-order valence-corrected chi connectivity index (χ2v) is 13.7. The molecular formula is C23H38N4O5S2. The molecule has 0 amide bonds. The Hall–Kier alpha value is -1.24. The van der Waals surface area contributed by atoms with E-state index in [0.717, 1.165) is 48.8 Å². The van der Waals surface area contributed by atoms with Gasteiger partial charge in [-0.15, -0.1) is 0 Å². The van der Waals surface area contributed by atoms with Crippen molar-refractivity contribution in [2.24, 2.45) is 5.92 Å². The highest BCUT2D eigenvalue weighted by Gasteiger charge is 2.45.